The predicted molar refractivity (Wildman–Crippen MR) is 56.0 cm³/mol. The van der Waals surface area contributed by atoms with E-state index in [1.165, 1.54) is 0 Å². The molecule has 0 aliphatic heterocycles. The lowest BCUT2D eigenvalue weighted by Crippen LogP contribution is -2.19. The Balaban J connectivity index is 3.61. The first-order chi connectivity index (χ1) is 5.52. The van der Waals surface area contributed by atoms with E-state index in [2.05, 4.69) is 51.7 Å². The van der Waals surface area contributed by atoms with Crippen LogP contribution in [0.5, 0.6) is 0 Å². The van der Waals surface area contributed by atoms with Crippen molar-refractivity contribution in [3.8, 4) is 0 Å². The summed E-state index contributed by atoms with van der Waals surface area (Å²) in [5.41, 5.74) is 1.01. The highest BCUT2D eigenvalue weighted by atomic mass is 14.9. The summed E-state index contributed by atoms with van der Waals surface area (Å²) in [6.07, 6.45) is 5.35. The zero-order chi connectivity index (χ0) is 9.56. The summed E-state index contributed by atoms with van der Waals surface area (Å²) in [4.78, 5) is 0. The molecule has 12 heavy (non-hydrogen) atoms. The molecule has 1 N–H and O–H groups in total. The van der Waals surface area contributed by atoms with Gasteiger partial charge in [-0.15, -0.1) is 0 Å². The standard InChI is InChI=1S/C11H21N/c1-9(2)7-6-8-11(5)12-10(3)4/h6,8-10,12H,5,7H2,1-4H3/b8-6+. The molecule has 0 amide bonds. The highest BCUT2D eigenvalue weighted by molar-refractivity contribution is 5.12. The summed E-state index contributed by atoms with van der Waals surface area (Å²) in [7, 11) is 0. The van der Waals surface area contributed by atoms with Gasteiger partial charge in [0.1, 0.15) is 0 Å². The molecule has 0 unspecified atom stereocenters. The summed E-state index contributed by atoms with van der Waals surface area (Å²) in [5, 5.41) is 3.24. The molecule has 0 radical (unpaired) electrons. The molecule has 0 saturated carbocycles. The largest absolute Gasteiger partial charge is 0.383 e. The van der Waals surface area contributed by atoms with Gasteiger partial charge in [0, 0.05) is 11.7 Å². The summed E-state index contributed by atoms with van der Waals surface area (Å²) in [6, 6.07) is 0.473. The van der Waals surface area contributed by atoms with Crippen LogP contribution in [0.4, 0.5) is 0 Å². The van der Waals surface area contributed by atoms with Crippen molar-refractivity contribution in [2.24, 2.45) is 5.92 Å². The van der Waals surface area contributed by atoms with Crippen LogP contribution in [-0.4, -0.2) is 6.04 Å². The maximum Gasteiger partial charge on any atom is 0.0265 e. The quantitative estimate of drug-likeness (QED) is 0.620. The number of rotatable bonds is 5. The van der Waals surface area contributed by atoms with Crippen molar-refractivity contribution in [3.05, 3.63) is 24.4 Å². The second-order valence-corrected chi connectivity index (χ2v) is 3.86. The van der Waals surface area contributed by atoms with Crippen LogP contribution in [0.15, 0.2) is 24.4 Å². The van der Waals surface area contributed by atoms with Crippen LogP contribution in [-0.2, 0) is 0 Å². The third-order valence-electron chi connectivity index (χ3n) is 1.40. The first-order valence-corrected chi connectivity index (χ1v) is 4.64. The normalized spacial score (nSPS) is 11.5. The van der Waals surface area contributed by atoms with Crippen molar-refractivity contribution in [2.45, 2.75) is 40.2 Å². The van der Waals surface area contributed by atoms with Gasteiger partial charge in [-0.3, -0.25) is 0 Å². The molecule has 0 spiro atoms. The number of hydrogen-bond donors (Lipinski definition) is 1. The van der Waals surface area contributed by atoms with E-state index < -0.39 is 0 Å². The molecule has 1 heteroatoms. The van der Waals surface area contributed by atoms with Crippen molar-refractivity contribution < 1.29 is 0 Å². The Bertz CT molecular complexity index is 154. The molecule has 0 saturated heterocycles. The molecule has 0 aromatic carbocycles. The zero-order valence-corrected chi connectivity index (χ0v) is 8.72. The van der Waals surface area contributed by atoms with Crippen molar-refractivity contribution in [1.82, 2.24) is 5.32 Å². The van der Waals surface area contributed by atoms with Crippen LogP contribution in [0.1, 0.15) is 34.1 Å². The first-order valence-electron chi connectivity index (χ1n) is 4.64. The van der Waals surface area contributed by atoms with E-state index in [0.717, 1.165) is 18.0 Å². The number of nitrogens with one attached hydrogen (secondary N) is 1. The summed E-state index contributed by atoms with van der Waals surface area (Å²) in [5.74, 6) is 0.730. The Hall–Kier alpha value is -0.720. The monoisotopic (exact) mass is 167 g/mol. The van der Waals surface area contributed by atoms with Gasteiger partial charge >= 0.3 is 0 Å². The minimum Gasteiger partial charge on any atom is -0.383 e. The smallest absolute Gasteiger partial charge is 0.0265 e. The SMILES string of the molecule is C=C(/C=C/CC(C)C)NC(C)C. The van der Waals surface area contributed by atoms with E-state index >= 15 is 0 Å². The third kappa shape index (κ3) is 7.39. The Morgan fingerprint density at radius 3 is 2.33 bits per heavy atom. The van der Waals surface area contributed by atoms with Crippen LogP contribution < -0.4 is 5.32 Å². The summed E-state index contributed by atoms with van der Waals surface area (Å²) >= 11 is 0. The Kier molecular flexibility index (Phi) is 5.52. The highest BCUT2D eigenvalue weighted by Crippen LogP contribution is 2.01. The van der Waals surface area contributed by atoms with E-state index in [4.69, 9.17) is 0 Å². The minimum absolute atomic E-state index is 0.473. The number of allylic oxidation sites excluding steroid dienone is 2. The molecule has 0 bridgehead atoms. The zero-order valence-electron chi connectivity index (χ0n) is 8.72. The van der Waals surface area contributed by atoms with Crippen LogP contribution >= 0.6 is 0 Å². The topological polar surface area (TPSA) is 12.0 Å². The summed E-state index contributed by atoms with van der Waals surface area (Å²) < 4.78 is 0. The van der Waals surface area contributed by atoms with Gasteiger partial charge in [-0.2, -0.15) is 0 Å². The molecular weight excluding hydrogens is 146 g/mol. The molecule has 0 aromatic heterocycles. The molecule has 0 aromatic rings. The fourth-order valence-corrected chi connectivity index (χ4v) is 0.901. The van der Waals surface area contributed by atoms with Crippen molar-refractivity contribution in [3.63, 3.8) is 0 Å². The molecule has 0 heterocycles. The van der Waals surface area contributed by atoms with Crippen molar-refractivity contribution >= 4 is 0 Å². The maximum atomic E-state index is 3.89. The van der Waals surface area contributed by atoms with Gasteiger partial charge in [-0.1, -0.05) is 26.5 Å². The lowest BCUT2D eigenvalue weighted by Gasteiger charge is -2.08. The van der Waals surface area contributed by atoms with E-state index in [1.54, 1.807) is 0 Å². The molecular formula is C11H21N. The van der Waals surface area contributed by atoms with E-state index in [1.807, 2.05) is 0 Å². The van der Waals surface area contributed by atoms with Crippen molar-refractivity contribution in [2.75, 3.05) is 0 Å². The van der Waals surface area contributed by atoms with Crippen molar-refractivity contribution in [1.29, 1.82) is 0 Å². The molecule has 0 fully saturated rings. The van der Waals surface area contributed by atoms with E-state index in [-0.39, 0.29) is 0 Å². The van der Waals surface area contributed by atoms with Gasteiger partial charge in [0.25, 0.3) is 0 Å². The van der Waals surface area contributed by atoms with Gasteiger partial charge in [0.15, 0.2) is 0 Å². The van der Waals surface area contributed by atoms with Crippen LogP contribution in [0, 0.1) is 5.92 Å². The fourth-order valence-electron chi connectivity index (χ4n) is 0.901. The second kappa shape index (κ2) is 5.87. The number of hydrogen-bond acceptors (Lipinski definition) is 1. The Morgan fingerprint density at radius 1 is 1.33 bits per heavy atom. The Labute approximate surface area is 76.6 Å². The fraction of sp³-hybridized carbons (Fsp3) is 0.636. The third-order valence-corrected chi connectivity index (χ3v) is 1.40. The lowest BCUT2D eigenvalue weighted by molar-refractivity contribution is 0.659. The predicted octanol–water partition coefficient (Wildman–Crippen LogP) is 3.10. The van der Waals surface area contributed by atoms with E-state index in [0.29, 0.717) is 6.04 Å². The van der Waals surface area contributed by atoms with Crippen LogP contribution in [0.25, 0.3) is 0 Å². The molecule has 1 nitrogen and oxygen atoms in total. The van der Waals surface area contributed by atoms with E-state index in [9.17, 15) is 0 Å². The molecule has 70 valence electrons. The molecule has 0 aliphatic rings. The molecule has 0 aliphatic carbocycles. The van der Waals surface area contributed by atoms with Gasteiger partial charge in [-0.25, -0.2) is 0 Å². The lowest BCUT2D eigenvalue weighted by atomic mass is 10.1. The molecule has 0 atom stereocenters. The van der Waals surface area contributed by atoms with Gasteiger partial charge in [0.05, 0.1) is 0 Å². The first kappa shape index (κ1) is 11.3. The summed E-state index contributed by atoms with van der Waals surface area (Å²) in [6.45, 7) is 12.5. The van der Waals surface area contributed by atoms with Gasteiger partial charge < -0.3 is 5.32 Å². The van der Waals surface area contributed by atoms with Crippen LogP contribution in [0.3, 0.4) is 0 Å². The van der Waals surface area contributed by atoms with Gasteiger partial charge in [0.2, 0.25) is 0 Å². The maximum absolute atomic E-state index is 3.89. The average Bonchev–Trinajstić information content (AvgIpc) is 1.84. The molecule has 0 rings (SSSR count). The highest BCUT2D eigenvalue weighted by Gasteiger charge is 1.91. The minimum atomic E-state index is 0.473. The second-order valence-electron chi connectivity index (χ2n) is 3.86. The van der Waals surface area contributed by atoms with Gasteiger partial charge in [-0.05, 0) is 32.3 Å². The average molecular weight is 167 g/mol. The Morgan fingerprint density at radius 2 is 1.92 bits per heavy atom. The van der Waals surface area contributed by atoms with Crippen LogP contribution in [0.2, 0.25) is 0 Å².